The van der Waals surface area contributed by atoms with Gasteiger partial charge in [-0.05, 0) is 121 Å². The van der Waals surface area contributed by atoms with Gasteiger partial charge in [0.15, 0.2) is 11.3 Å². The summed E-state index contributed by atoms with van der Waals surface area (Å²) in [6.45, 7) is 13.1. The normalized spacial score (nSPS) is 15.7. The SMILES string of the molecule is CCCCCCC1(CCCCCC)c2cc3c(cc2-c2sc(/C=C/C4=C(C#N)C(=C(C#N)C#N)OC4(C)C)cc21)C(CCCCCC)(CCCCCC)c1cc(-c2ccc(N(C)C)cc2)sc1-3. The lowest BCUT2D eigenvalue weighted by atomic mass is 9.68. The zero-order chi connectivity index (χ0) is 47.8. The van der Waals surface area contributed by atoms with Crippen LogP contribution in [0.1, 0.15) is 197 Å². The lowest BCUT2D eigenvalue weighted by molar-refractivity contribution is 0.0954. The second-order valence-electron chi connectivity index (χ2n) is 20.3. The maximum atomic E-state index is 10.3. The van der Waals surface area contributed by atoms with Crippen LogP contribution in [-0.4, -0.2) is 19.7 Å². The third-order valence-corrected chi connectivity index (χ3v) is 17.5. The number of thiophene rings is 2. The Morgan fingerprint density at radius 2 is 1.07 bits per heavy atom. The van der Waals surface area contributed by atoms with Crippen LogP contribution in [0.3, 0.4) is 0 Å². The Bertz CT molecular complexity index is 2570. The van der Waals surface area contributed by atoms with Gasteiger partial charge in [0.05, 0.1) is 0 Å². The maximum Gasteiger partial charge on any atom is 0.172 e. The summed E-state index contributed by atoms with van der Waals surface area (Å²) in [6.07, 6.45) is 28.7. The van der Waals surface area contributed by atoms with Gasteiger partial charge in [-0.2, -0.15) is 15.8 Å². The van der Waals surface area contributed by atoms with E-state index in [1.807, 2.05) is 54.7 Å². The van der Waals surface area contributed by atoms with Crippen LogP contribution in [0, 0.1) is 34.0 Å². The molecule has 2 aromatic heterocycles. The molecule has 4 aromatic rings. The average Bonchev–Trinajstić information content (AvgIpc) is 4.12. The number of anilines is 1. The largest absolute Gasteiger partial charge is 0.480 e. The van der Waals surface area contributed by atoms with Crippen molar-refractivity contribution in [3.05, 3.63) is 104 Å². The molecule has 0 bridgehead atoms. The van der Waals surface area contributed by atoms with Crippen LogP contribution >= 0.6 is 22.7 Å². The average molecular weight is 931 g/mol. The summed E-state index contributed by atoms with van der Waals surface area (Å²) in [6, 6.07) is 25.9. The van der Waals surface area contributed by atoms with Gasteiger partial charge in [0, 0.05) is 55.7 Å². The Kier molecular flexibility index (Phi) is 16.5. The molecule has 3 aliphatic rings. The van der Waals surface area contributed by atoms with Gasteiger partial charge < -0.3 is 9.64 Å². The van der Waals surface area contributed by atoms with E-state index in [0.29, 0.717) is 5.57 Å². The summed E-state index contributed by atoms with van der Waals surface area (Å²) < 4.78 is 6.17. The Morgan fingerprint density at radius 3 is 1.52 bits per heavy atom. The maximum absolute atomic E-state index is 10.3. The highest BCUT2D eigenvalue weighted by Crippen LogP contribution is 2.64. The topological polar surface area (TPSA) is 83.8 Å². The molecule has 0 saturated carbocycles. The van der Waals surface area contributed by atoms with E-state index in [1.165, 1.54) is 158 Å². The van der Waals surface area contributed by atoms with Crippen molar-refractivity contribution in [3.8, 4) is 49.5 Å². The molecule has 0 saturated heterocycles. The number of benzene rings is 2. The number of fused-ring (bicyclic) bond motifs is 6. The van der Waals surface area contributed by atoms with Crippen LogP contribution in [0.15, 0.2) is 77.1 Å². The summed E-state index contributed by atoms with van der Waals surface area (Å²) in [7, 11) is 4.24. The molecule has 0 amide bonds. The highest BCUT2D eigenvalue weighted by molar-refractivity contribution is 7.19. The molecule has 3 heterocycles. The fraction of sp³-hybridized carbons (Fsp3) is 0.517. The van der Waals surface area contributed by atoms with Crippen molar-refractivity contribution in [3.63, 3.8) is 0 Å². The number of nitriles is 3. The second kappa shape index (κ2) is 22.0. The molecule has 0 atom stereocenters. The number of hydrogen-bond acceptors (Lipinski definition) is 7. The standard InChI is InChI=1S/C60H74N4OS2/c1-9-13-17-21-31-59(32-22-18-14-10-2)50-37-47-51(36-46(50)56-52(59)35-45(66-56)29-30-49-48(41-63)55(43(39-61)40-62)65-58(49,5)6)60(33-23-19-15-11-3,34-24-20-16-12-4)53-38-54(67-57(47)53)42-25-27-44(28-26-42)64(7)8/h25-30,35-38H,9-24,31-34H2,1-8H3/b30-29+. The molecule has 7 heteroatoms. The van der Waals surface area contributed by atoms with Crippen molar-refractivity contribution in [1.82, 2.24) is 0 Å². The molecule has 352 valence electrons. The van der Waals surface area contributed by atoms with E-state index in [9.17, 15) is 15.8 Å². The smallest absolute Gasteiger partial charge is 0.172 e. The van der Waals surface area contributed by atoms with E-state index in [1.54, 1.807) is 16.7 Å². The monoisotopic (exact) mass is 931 g/mol. The van der Waals surface area contributed by atoms with Crippen LogP contribution in [0.25, 0.3) is 37.4 Å². The minimum atomic E-state index is -0.863. The molecule has 0 spiro atoms. The van der Waals surface area contributed by atoms with Crippen LogP contribution in [0.4, 0.5) is 5.69 Å². The van der Waals surface area contributed by atoms with Crippen molar-refractivity contribution >= 4 is 34.4 Å². The van der Waals surface area contributed by atoms with Crippen LogP contribution in [0.5, 0.6) is 0 Å². The molecule has 2 aliphatic carbocycles. The molecule has 1 aliphatic heterocycles. The summed E-state index contributed by atoms with van der Waals surface area (Å²) in [5.74, 6) is 0.0857. The summed E-state index contributed by atoms with van der Waals surface area (Å²) in [5, 5.41) is 29.8. The molecular formula is C60H74N4OS2. The highest BCUT2D eigenvalue weighted by Gasteiger charge is 2.49. The van der Waals surface area contributed by atoms with Gasteiger partial charge in [0.1, 0.15) is 29.4 Å². The third-order valence-electron chi connectivity index (χ3n) is 15.2. The quantitative estimate of drug-likeness (QED) is 0.0516. The number of nitrogens with zero attached hydrogens (tertiary/aromatic N) is 4. The fourth-order valence-electron chi connectivity index (χ4n) is 11.5. The zero-order valence-electron chi connectivity index (χ0n) is 41.9. The van der Waals surface area contributed by atoms with E-state index < -0.39 is 5.60 Å². The van der Waals surface area contributed by atoms with E-state index in [4.69, 9.17) is 4.74 Å². The molecule has 0 N–H and O–H groups in total. The lowest BCUT2D eigenvalue weighted by Gasteiger charge is -2.34. The predicted octanol–water partition coefficient (Wildman–Crippen LogP) is 17.9. The van der Waals surface area contributed by atoms with E-state index >= 15 is 0 Å². The molecule has 2 aromatic carbocycles. The minimum absolute atomic E-state index is 0.0294. The summed E-state index contributed by atoms with van der Waals surface area (Å²) >= 11 is 3.93. The molecular weight excluding hydrogens is 857 g/mol. The van der Waals surface area contributed by atoms with Crippen LogP contribution < -0.4 is 4.90 Å². The Balaban J connectivity index is 1.44. The highest BCUT2D eigenvalue weighted by atomic mass is 32.1. The molecule has 0 fully saturated rings. The van der Waals surface area contributed by atoms with Gasteiger partial charge in [-0.3, -0.25) is 0 Å². The number of rotatable bonds is 24. The van der Waals surface area contributed by atoms with E-state index in [2.05, 4.69) is 107 Å². The summed E-state index contributed by atoms with van der Waals surface area (Å²) in [5.41, 5.74) is 11.5. The van der Waals surface area contributed by atoms with E-state index in [-0.39, 0.29) is 27.7 Å². The second-order valence-corrected chi connectivity index (χ2v) is 22.4. The van der Waals surface area contributed by atoms with Gasteiger partial charge in [0.2, 0.25) is 0 Å². The van der Waals surface area contributed by atoms with Crippen molar-refractivity contribution < 1.29 is 4.74 Å². The van der Waals surface area contributed by atoms with Crippen molar-refractivity contribution in [2.45, 2.75) is 186 Å². The van der Waals surface area contributed by atoms with Gasteiger partial charge in [-0.15, -0.1) is 22.7 Å². The first kappa shape index (κ1) is 50.0. The van der Waals surface area contributed by atoms with E-state index in [0.717, 1.165) is 17.7 Å². The van der Waals surface area contributed by atoms with Gasteiger partial charge in [-0.25, -0.2) is 0 Å². The summed E-state index contributed by atoms with van der Waals surface area (Å²) in [4.78, 5) is 7.66. The Morgan fingerprint density at radius 1 is 0.597 bits per heavy atom. The zero-order valence-corrected chi connectivity index (χ0v) is 43.6. The number of allylic oxidation sites excluding steroid dienone is 2. The van der Waals surface area contributed by atoms with Gasteiger partial charge >= 0.3 is 0 Å². The van der Waals surface area contributed by atoms with Crippen molar-refractivity contribution in [1.29, 1.82) is 15.8 Å². The minimum Gasteiger partial charge on any atom is -0.480 e. The van der Waals surface area contributed by atoms with Crippen LogP contribution in [-0.2, 0) is 15.6 Å². The molecule has 5 nitrogen and oxygen atoms in total. The number of hydrogen-bond donors (Lipinski definition) is 0. The molecule has 0 radical (unpaired) electrons. The van der Waals surface area contributed by atoms with Crippen molar-refractivity contribution in [2.24, 2.45) is 0 Å². The number of unbranched alkanes of at least 4 members (excludes halogenated alkanes) is 12. The van der Waals surface area contributed by atoms with Gasteiger partial charge in [-0.1, -0.05) is 149 Å². The lowest BCUT2D eigenvalue weighted by Crippen LogP contribution is -2.27. The van der Waals surface area contributed by atoms with Crippen molar-refractivity contribution in [2.75, 3.05) is 19.0 Å². The molecule has 67 heavy (non-hydrogen) atoms. The fourth-order valence-corrected chi connectivity index (χ4v) is 14.0. The molecule has 0 unspecified atom stereocenters. The van der Waals surface area contributed by atoms with Gasteiger partial charge in [0.25, 0.3) is 0 Å². The third kappa shape index (κ3) is 9.87. The Hall–Kier alpha value is -4.87. The first-order valence-corrected chi connectivity index (χ1v) is 27.4. The first-order valence-electron chi connectivity index (χ1n) is 25.8. The Labute approximate surface area is 411 Å². The molecule has 7 rings (SSSR count). The first-order chi connectivity index (χ1) is 32.5. The number of ether oxygens (including phenoxy) is 1. The van der Waals surface area contributed by atoms with Crippen LogP contribution in [0.2, 0.25) is 0 Å². The predicted molar refractivity (Wildman–Crippen MR) is 285 cm³/mol.